The standard InChI is InChI=1S/C17H13.C9H13.C3H6.2ClH.Ti/c1-13-11-15-9-5-6-10-16(17(15)12-13)14-7-3-2-4-8-14;1-9(2,3)8-6-4-5-7-8;1-3-2;;;/h2-10,12H,1H3;6-7H,4H2,1-3H3;1-2H3;2*1H;/q2*-1;;;;+2/p-2. The van der Waals surface area contributed by atoms with Gasteiger partial charge in [-0.15, -0.1) is 35.7 Å². The molecule has 32 heavy (non-hydrogen) atoms. The van der Waals surface area contributed by atoms with Crippen LogP contribution in [0.25, 0.3) is 22.3 Å². The van der Waals surface area contributed by atoms with Crippen molar-refractivity contribution in [2.45, 2.75) is 48.0 Å². The first kappa shape index (κ1) is 30.6. The Balaban J connectivity index is 0.000000547. The number of allylic oxidation sites excluding steroid dienone is 4. The Morgan fingerprint density at radius 1 is 0.875 bits per heavy atom. The number of benzene rings is 1. The second kappa shape index (κ2) is 14.7. The van der Waals surface area contributed by atoms with Gasteiger partial charge in [0.2, 0.25) is 0 Å². The summed E-state index contributed by atoms with van der Waals surface area (Å²) in [5, 5.41) is 0. The van der Waals surface area contributed by atoms with Crippen LogP contribution < -0.4 is 24.8 Å². The van der Waals surface area contributed by atoms with Crippen molar-refractivity contribution in [1.29, 1.82) is 0 Å². The van der Waals surface area contributed by atoms with Gasteiger partial charge >= 0.3 is 37.6 Å². The predicted molar refractivity (Wildman–Crippen MR) is 128 cm³/mol. The molecule has 0 aliphatic heterocycles. The van der Waals surface area contributed by atoms with Gasteiger partial charge in [0.25, 0.3) is 0 Å². The average Bonchev–Trinajstić information content (AvgIpc) is 3.29. The Labute approximate surface area is 219 Å². The van der Waals surface area contributed by atoms with E-state index >= 15 is 0 Å². The third kappa shape index (κ3) is 10.0. The van der Waals surface area contributed by atoms with E-state index < -0.39 is 0 Å². The zero-order valence-electron chi connectivity index (χ0n) is 19.9. The molecule has 3 aliphatic carbocycles. The number of aryl methyl sites for hydroxylation is 1. The van der Waals surface area contributed by atoms with E-state index in [0.717, 1.165) is 6.42 Å². The summed E-state index contributed by atoms with van der Waals surface area (Å²) >= 11 is 2.08. The number of hydrogen-bond acceptors (Lipinski definition) is 0. The monoisotopic (exact) mass is 498 g/mol. The maximum atomic E-state index is 3.39. The third-order valence-corrected chi connectivity index (χ3v) is 4.56. The molecule has 0 saturated carbocycles. The molecular formula is C29H32Cl2Ti-2. The van der Waals surface area contributed by atoms with E-state index in [-0.39, 0.29) is 24.8 Å². The van der Waals surface area contributed by atoms with Crippen LogP contribution in [0.15, 0.2) is 78.4 Å². The molecule has 1 aromatic rings. The van der Waals surface area contributed by atoms with Crippen molar-refractivity contribution in [2.75, 3.05) is 0 Å². The first-order chi connectivity index (χ1) is 14.2. The molecule has 0 heterocycles. The van der Waals surface area contributed by atoms with E-state index in [1.165, 1.54) is 37.2 Å². The van der Waals surface area contributed by atoms with Crippen LogP contribution in [0.2, 0.25) is 0 Å². The Morgan fingerprint density at radius 2 is 1.44 bits per heavy atom. The molecule has 168 valence electrons. The number of fused-ring (bicyclic) bond motifs is 1. The SMILES string of the molecule is CC(C)(C)C1=CC[C-]=C1.C[C](C)=[Ti+2].Cc1[c-]c2ccccc(-c3ccccc3)c-2c1.[Cl-].[Cl-]. The average molecular weight is 499 g/mol. The molecule has 0 nitrogen and oxygen atoms in total. The quantitative estimate of drug-likeness (QED) is 0.356. The molecule has 0 amide bonds. The summed E-state index contributed by atoms with van der Waals surface area (Å²) in [5.74, 6) is 0. The van der Waals surface area contributed by atoms with Crippen molar-refractivity contribution in [1.82, 2.24) is 0 Å². The summed E-state index contributed by atoms with van der Waals surface area (Å²) < 4.78 is 1.42. The van der Waals surface area contributed by atoms with Gasteiger partial charge < -0.3 is 24.8 Å². The molecule has 3 aliphatic rings. The second-order valence-corrected chi connectivity index (χ2v) is 10.3. The normalized spacial score (nSPS) is 11.7. The molecule has 0 saturated heterocycles. The van der Waals surface area contributed by atoms with Crippen molar-refractivity contribution in [3.8, 4) is 22.3 Å². The molecule has 0 aromatic heterocycles. The summed E-state index contributed by atoms with van der Waals surface area (Å²) in [4.78, 5) is 0. The summed E-state index contributed by atoms with van der Waals surface area (Å²) in [6.07, 6.45) is 8.50. The molecule has 0 N–H and O–H groups in total. The molecule has 4 rings (SSSR count). The fourth-order valence-corrected chi connectivity index (χ4v) is 3.15. The first-order valence-corrected chi connectivity index (χ1v) is 11.2. The van der Waals surface area contributed by atoms with Gasteiger partial charge in [-0.25, -0.2) is 6.08 Å². The minimum absolute atomic E-state index is 0. The van der Waals surface area contributed by atoms with Gasteiger partial charge in [0.05, 0.1) is 0 Å². The van der Waals surface area contributed by atoms with Crippen molar-refractivity contribution in [3.63, 3.8) is 0 Å². The molecule has 0 bridgehead atoms. The van der Waals surface area contributed by atoms with Gasteiger partial charge in [-0.3, -0.25) is 6.08 Å². The summed E-state index contributed by atoms with van der Waals surface area (Å²) in [6, 6.07) is 24.6. The van der Waals surface area contributed by atoms with Gasteiger partial charge in [0, 0.05) is 0 Å². The maximum Gasteiger partial charge on any atom is -0.0279 e. The molecule has 0 atom stereocenters. The minimum atomic E-state index is 0. The van der Waals surface area contributed by atoms with Crippen molar-refractivity contribution < 1.29 is 44.8 Å². The fourth-order valence-electron chi connectivity index (χ4n) is 3.15. The van der Waals surface area contributed by atoms with Crippen LogP contribution in [0.5, 0.6) is 0 Å². The largest absolute Gasteiger partial charge is 1.00 e. The predicted octanol–water partition coefficient (Wildman–Crippen LogP) is 2.04. The maximum absolute atomic E-state index is 3.39. The van der Waals surface area contributed by atoms with E-state index in [4.69, 9.17) is 0 Å². The second-order valence-electron chi connectivity index (χ2n) is 8.74. The van der Waals surface area contributed by atoms with Crippen LogP contribution in [0.4, 0.5) is 0 Å². The minimum Gasteiger partial charge on any atom is -1.00 e. The van der Waals surface area contributed by atoms with E-state index in [9.17, 15) is 0 Å². The van der Waals surface area contributed by atoms with Crippen molar-refractivity contribution in [2.24, 2.45) is 5.41 Å². The number of rotatable bonds is 1. The van der Waals surface area contributed by atoms with Crippen LogP contribution in [0, 0.1) is 24.5 Å². The van der Waals surface area contributed by atoms with Gasteiger partial charge in [-0.05, 0) is 5.56 Å². The van der Waals surface area contributed by atoms with E-state index in [0.29, 0.717) is 5.41 Å². The Bertz CT molecular complexity index is 991. The molecule has 0 fully saturated rings. The zero-order valence-corrected chi connectivity index (χ0v) is 23.0. The van der Waals surface area contributed by atoms with Crippen LogP contribution in [-0.2, 0) is 20.0 Å². The smallest absolute Gasteiger partial charge is 0.0279 e. The van der Waals surface area contributed by atoms with E-state index in [1.54, 1.807) is 0 Å². The van der Waals surface area contributed by atoms with Crippen LogP contribution in [-0.4, -0.2) is 3.81 Å². The Kier molecular flexibility index (Phi) is 14.0. The van der Waals surface area contributed by atoms with Gasteiger partial charge in [0.15, 0.2) is 0 Å². The van der Waals surface area contributed by atoms with Gasteiger partial charge in [-0.2, -0.15) is 23.3 Å². The van der Waals surface area contributed by atoms with E-state index in [1.807, 2.05) is 6.07 Å². The van der Waals surface area contributed by atoms with Crippen molar-refractivity contribution in [3.05, 3.63) is 96.1 Å². The molecule has 0 unspecified atom stereocenters. The molecule has 3 heteroatoms. The van der Waals surface area contributed by atoms with Gasteiger partial charge in [-0.1, -0.05) is 81.1 Å². The van der Waals surface area contributed by atoms with Crippen LogP contribution in [0.1, 0.15) is 46.6 Å². The fraction of sp³-hybridized carbons (Fsp3) is 0.276. The van der Waals surface area contributed by atoms with Gasteiger partial charge in [0.1, 0.15) is 0 Å². The summed E-state index contributed by atoms with van der Waals surface area (Å²) in [7, 11) is 0. The Hall–Kier alpha value is -1.44. The molecular weight excluding hydrogens is 467 g/mol. The van der Waals surface area contributed by atoms with E-state index in [2.05, 4.69) is 140 Å². The summed E-state index contributed by atoms with van der Waals surface area (Å²) in [5.41, 5.74) is 7.93. The van der Waals surface area contributed by atoms with Crippen LogP contribution >= 0.6 is 0 Å². The third-order valence-electron chi connectivity index (χ3n) is 4.56. The first-order valence-electron chi connectivity index (χ1n) is 10.4. The topological polar surface area (TPSA) is 0 Å². The molecule has 0 radical (unpaired) electrons. The Morgan fingerprint density at radius 3 is 1.94 bits per heavy atom. The zero-order chi connectivity index (χ0) is 22.1. The number of hydrogen-bond donors (Lipinski definition) is 0. The number of halogens is 2. The summed E-state index contributed by atoms with van der Waals surface area (Å²) in [6.45, 7) is 12.9. The molecule has 1 aromatic carbocycles. The molecule has 0 spiro atoms. The van der Waals surface area contributed by atoms with Crippen LogP contribution in [0.3, 0.4) is 0 Å². The van der Waals surface area contributed by atoms with Crippen molar-refractivity contribution >= 4 is 3.81 Å².